The number of nitrogen functional groups attached to an aromatic ring is 1. The maximum atomic E-state index is 13.8. The van der Waals surface area contributed by atoms with E-state index < -0.39 is 0 Å². The van der Waals surface area contributed by atoms with Crippen LogP contribution in [0.15, 0.2) is 29.9 Å². The van der Waals surface area contributed by atoms with Crippen LogP contribution in [-0.4, -0.2) is 16.0 Å². The average Bonchev–Trinajstić information content (AvgIpc) is 3.25. The molecule has 0 atom stereocenters. The third-order valence-electron chi connectivity index (χ3n) is 3.77. The molecule has 1 saturated carbocycles. The summed E-state index contributed by atoms with van der Waals surface area (Å²) < 4.78 is 14.9. The second-order valence-electron chi connectivity index (χ2n) is 5.62. The molecule has 1 aliphatic carbocycles. The lowest BCUT2D eigenvalue weighted by Crippen LogP contribution is -2.03. The van der Waals surface area contributed by atoms with E-state index in [-0.39, 0.29) is 5.82 Å². The van der Waals surface area contributed by atoms with Crippen LogP contribution < -0.4 is 11.1 Å². The van der Waals surface area contributed by atoms with Crippen molar-refractivity contribution in [2.24, 2.45) is 0 Å². The predicted octanol–water partition coefficient (Wildman–Crippen LogP) is 4.16. The number of hydrogen-bond donors (Lipinski definition) is 2. The highest BCUT2D eigenvalue weighted by Gasteiger charge is 2.22. The highest BCUT2D eigenvalue weighted by atomic mass is 32.1. The number of thiophene rings is 1. The van der Waals surface area contributed by atoms with Crippen LogP contribution >= 0.6 is 11.3 Å². The van der Waals surface area contributed by atoms with Gasteiger partial charge < -0.3 is 11.1 Å². The molecule has 0 bridgehead atoms. The fourth-order valence-electron chi connectivity index (χ4n) is 2.37. The second-order valence-corrected chi connectivity index (χ2v) is 6.50. The van der Waals surface area contributed by atoms with Gasteiger partial charge >= 0.3 is 0 Å². The largest absolute Gasteiger partial charge is 0.399 e. The predicted molar refractivity (Wildman–Crippen MR) is 93.8 cm³/mol. The Labute approximate surface area is 136 Å². The molecular weight excluding hydrogens is 311 g/mol. The highest BCUT2D eigenvalue weighted by molar-refractivity contribution is 7.18. The van der Waals surface area contributed by atoms with Crippen molar-refractivity contribution in [2.75, 3.05) is 11.1 Å². The molecule has 0 unspecified atom stereocenters. The summed E-state index contributed by atoms with van der Waals surface area (Å²) >= 11 is 1.60. The van der Waals surface area contributed by atoms with Crippen LogP contribution in [0, 0.1) is 5.82 Å². The zero-order chi connectivity index (χ0) is 15.8. The van der Waals surface area contributed by atoms with Gasteiger partial charge in [0.05, 0.1) is 10.2 Å². The molecule has 23 heavy (non-hydrogen) atoms. The molecule has 4 rings (SSSR count). The van der Waals surface area contributed by atoms with E-state index in [0.717, 1.165) is 21.6 Å². The summed E-state index contributed by atoms with van der Waals surface area (Å²) in [5.74, 6) is 0.562. The number of hydrogen-bond acceptors (Lipinski definition) is 5. The van der Waals surface area contributed by atoms with Crippen molar-refractivity contribution in [2.45, 2.75) is 18.9 Å². The number of nitrogens with zero attached hydrogens (tertiary/aromatic N) is 2. The van der Waals surface area contributed by atoms with Gasteiger partial charge in [0, 0.05) is 28.2 Å². The van der Waals surface area contributed by atoms with E-state index in [1.165, 1.54) is 18.9 Å². The van der Waals surface area contributed by atoms with E-state index in [1.54, 1.807) is 35.9 Å². The number of rotatable bonds is 4. The number of benzene rings is 1. The number of nitrogens with two attached hydrogens (primary N) is 1. The second kappa shape index (κ2) is 5.62. The van der Waals surface area contributed by atoms with Crippen LogP contribution in [0.4, 0.5) is 15.9 Å². The van der Waals surface area contributed by atoms with E-state index >= 15 is 0 Å². The molecule has 1 aromatic carbocycles. The maximum Gasteiger partial charge on any atom is 0.147 e. The Morgan fingerprint density at radius 1 is 1.22 bits per heavy atom. The summed E-state index contributed by atoms with van der Waals surface area (Å²) in [6.07, 6.45) is 7.58. The summed E-state index contributed by atoms with van der Waals surface area (Å²) in [4.78, 5) is 8.71. The fourth-order valence-corrected chi connectivity index (χ4v) is 3.31. The van der Waals surface area contributed by atoms with Crippen molar-refractivity contribution >= 4 is 45.2 Å². The summed E-state index contributed by atoms with van der Waals surface area (Å²) in [5, 5.41) is 5.44. The lowest BCUT2D eigenvalue weighted by molar-refractivity contribution is 0.626. The van der Waals surface area contributed by atoms with Gasteiger partial charge in [-0.05, 0) is 31.0 Å². The van der Waals surface area contributed by atoms with E-state index in [2.05, 4.69) is 15.3 Å². The smallest absolute Gasteiger partial charge is 0.147 e. The Bertz CT molecular complexity index is 899. The molecule has 3 aromatic rings. The van der Waals surface area contributed by atoms with Crippen molar-refractivity contribution in [3.05, 3.63) is 46.9 Å². The quantitative estimate of drug-likeness (QED) is 0.707. The van der Waals surface area contributed by atoms with Crippen molar-refractivity contribution in [3.8, 4) is 0 Å². The van der Waals surface area contributed by atoms with Crippen LogP contribution in [0.25, 0.3) is 22.4 Å². The SMILES string of the molecule is Nc1ccc(/C=C/c2csc3c(NC4CC4)ncnc23)c(F)c1. The van der Waals surface area contributed by atoms with E-state index in [9.17, 15) is 4.39 Å². The molecule has 6 heteroatoms. The third-order valence-corrected chi connectivity index (χ3v) is 4.76. The summed E-state index contributed by atoms with van der Waals surface area (Å²) in [6.45, 7) is 0. The van der Waals surface area contributed by atoms with Crippen LogP contribution in [-0.2, 0) is 0 Å². The summed E-state index contributed by atoms with van der Waals surface area (Å²) in [7, 11) is 0. The van der Waals surface area contributed by atoms with Crippen LogP contribution in [0.5, 0.6) is 0 Å². The van der Waals surface area contributed by atoms with Gasteiger partial charge in [-0.2, -0.15) is 0 Å². The molecule has 2 aromatic heterocycles. The zero-order valence-electron chi connectivity index (χ0n) is 12.3. The summed E-state index contributed by atoms with van der Waals surface area (Å²) in [5.41, 5.74) is 8.34. The third kappa shape index (κ3) is 2.90. The monoisotopic (exact) mass is 326 g/mol. The Kier molecular flexibility index (Phi) is 3.46. The first kappa shape index (κ1) is 14.1. The van der Waals surface area contributed by atoms with Gasteiger partial charge in [0.1, 0.15) is 18.0 Å². The van der Waals surface area contributed by atoms with Gasteiger partial charge in [-0.1, -0.05) is 12.2 Å². The Hall–Kier alpha value is -2.47. The van der Waals surface area contributed by atoms with Crippen LogP contribution in [0.2, 0.25) is 0 Å². The van der Waals surface area contributed by atoms with Crippen LogP contribution in [0.1, 0.15) is 24.0 Å². The minimum absolute atomic E-state index is 0.327. The number of halogens is 1. The Morgan fingerprint density at radius 3 is 2.83 bits per heavy atom. The Morgan fingerprint density at radius 2 is 2.04 bits per heavy atom. The number of aromatic nitrogens is 2. The van der Waals surface area contributed by atoms with Crippen molar-refractivity contribution in [1.82, 2.24) is 9.97 Å². The highest BCUT2D eigenvalue weighted by Crippen LogP contribution is 2.33. The standard InChI is InChI=1S/C17H15FN4S/c18-14-7-12(19)4-3-10(14)1-2-11-8-23-16-15(11)20-9-21-17(16)22-13-5-6-13/h1-4,7-9,13H,5-6,19H2,(H,20,21,22)/b2-1+. The molecule has 1 aliphatic rings. The minimum atomic E-state index is -0.327. The van der Waals surface area contributed by atoms with Gasteiger partial charge in [0.25, 0.3) is 0 Å². The lowest BCUT2D eigenvalue weighted by Gasteiger charge is -2.03. The topological polar surface area (TPSA) is 63.8 Å². The fraction of sp³-hybridized carbons (Fsp3) is 0.176. The van der Waals surface area contributed by atoms with E-state index in [0.29, 0.717) is 17.3 Å². The minimum Gasteiger partial charge on any atom is -0.399 e. The molecule has 0 amide bonds. The van der Waals surface area contributed by atoms with Gasteiger partial charge in [-0.25, -0.2) is 14.4 Å². The van der Waals surface area contributed by atoms with Crippen LogP contribution in [0.3, 0.4) is 0 Å². The molecule has 0 aliphatic heterocycles. The molecular formula is C17H15FN4S. The van der Waals surface area contributed by atoms with Crippen molar-refractivity contribution in [3.63, 3.8) is 0 Å². The Balaban J connectivity index is 1.67. The van der Waals surface area contributed by atoms with E-state index in [4.69, 9.17) is 5.73 Å². The average molecular weight is 326 g/mol. The van der Waals surface area contributed by atoms with Crippen molar-refractivity contribution < 1.29 is 4.39 Å². The molecule has 0 saturated heterocycles. The number of nitrogens with one attached hydrogen (secondary N) is 1. The zero-order valence-corrected chi connectivity index (χ0v) is 13.1. The van der Waals surface area contributed by atoms with Crippen molar-refractivity contribution in [1.29, 1.82) is 0 Å². The van der Waals surface area contributed by atoms with Gasteiger partial charge in [-0.3, -0.25) is 0 Å². The molecule has 2 heterocycles. The number of anilines is 2. The van der Waals surface area contributed by atoms with Gasteiger partial charge in [-0.15, -0.1) is 11.3 Å². The first-order chi connectivity index (χ1) is 11.2. The van der Waals surface area contributed by atoms with E-state index in [1.807, 2.05) is 11.5 Å². The molecule has 0 radical (unpaired) electrons. The first-order valence-corrected chi connectivity index (χ1v) is 8.30. The molecule has 3 N–H and O–H groups in total. The maximum absolute atomic E-state index is 13.8. The molecule has 116 valence electrons. The lowest BCUT2D eigenvalue weighted by atomic mass is 10.1. The molecule has 1 fully saturated rings. The normalized spacial score (nSPS) is 14.7. The first-order valence-electron chi connectivity index (χ1n) is 7.42. The summed E-state index contributed by atoms with van der Waals surface area (Å²) in [6, 6.07) is 5.22. The number of fused-ring (bicyclic) bond motifs is 1. The molecule has 0 spiro atoms. The molecule has 4 nitrogen and oxygen atoms in total. The van der Waals surface area contributed by atoms with Gasteiger partial charge in [0.15, 0.2) is 0 Å². The van der Waals surface area contributed by atoms with Gasteiger partial charge in [0.2, 0.25) is 0 Å².